The first-order chi connectivity index (χ1) is 10.7. The van der Waals surface area contributed by atoms with E-state index in [1.54, 1.807) is 0 Å². The second-order valence-electron chi connectivity index (χ2n) is 7.24. The van der Waals surface area contributed by atoms with Crippen molar-refractivity contribution in [1.29, 1.82) is 0 Å². The molecule has 0 aromatic carbocycles. The summed E-state index contributed by atoms with van der Waals surface area (Å²) in [6, 6.07) is 0.370. The summed E-state index contributed by atoms with van der Waals surface area (Å²) in [7, 11) is 0. The first-order valence-corrected chi connectivity index (χ1v) is 8.95. The van der Waals surface area contributed by atoms with Gasteiger partial charge in [0.2, 0.25) is 5.91 Å². The number of hydrogen-bond donors (Lipinski definition) is 2. The van der Waals surface area contributed by atoms with Gasteiger partial charge in [0.05, 0.1) is 6.61 Å². The third-order valence-electron chi connectivity index (χ3n) is 5.88. The first kappa shape index (κ1) is 16.2. The molecular formula is C17H30N2O3. The Hall–Kier alpha value is -0.650. The van der Waals surface area contributed by atoms with Gasteiger partial charge in [-0.3, -0.25) is 9.69 Å². The molecule has 1 amide bonds. The number of carbonyl (C=O) groups excluding carboxylic acids is 1. The molecule has 0 aromatic rings. The molecule has 3 rings (SSSR count). The van der Waals surface area contributed by atoms with E-state index in [1.807, 2.05) is 0 Å². The lowest BCUT2D eigenvalue weighted by molar-refractivity contribution is -0.123. The molecule has 1 spiro atoms. The number of unbranched alkanes of at least 4 members (excludes halogenated alkanes) is 1. The molecule has 22 heavy (non-hydrogen) atoms. The van der Waals surface area contributed by atoms with Crippen LogP contribution in [0.3, 0.4) is 0 Å². The number of carbonyl (C=O) groups is 1. The van der Waals surface area contributed by atoms with Crippen LogP contribution >= 0.6 is 0 Å². The Morgan fingerprint density at radius 1 is 1.32 bits per heavy atom. The molecule has 2 N–H and O–H groups in total. The maximum absolute atomic E-state index is 12.2. The number of ether oxygens (including phenoxy) is 1. The molecule has 3 aliphatic rings. The normalized spacial score (nSPS) is 30.6. The third-order valence-corrected chi connectivity index (χ3v) is 5.88. The highest BCUT2D eigenvalue weighted by Crippen LogP contribution is 2.59. The Kier molecular flexibility index (Phi) is 5.37. The molecule has 0 aromatic heterocycles. The minimum atomic E-state index is 0.244. The van der Waals surface area contributed by atoms with Crippen LogP contribution in [0, 0.1) is 11.3 Å². The quantitative estimate of drug-likeness (QED) is 0.693. The summed E-state index contributed by atoms with van der Waals surface area (Å²) in [5, 5.41) is 12.4. The summed E-state index contributed by atoms with van der Waals surface area (Å²) in [5.74, 6) is 0.505. The lowest BCUT2D eigenvalue weighted by atomic mass is 9.93. The number of nitrogens with zero attached hydrogens (tertiary/aromatic N) is 1. The maximum Gasteiger partial charge on any atom is 0.223 e. The molecule has 1 saturated carbocycles. The number of nitrogens with one attached hydrogen (secondary N) is 1. The zero-order chi connectivity index (χ0) is 15.4. The zero-order valence-corrected chi connectivity index (χ0v) is 13.6. The predicted octanol–water partition coefficient (Wildman–Crippen LogP) is 1.16. The minimum Gasteiger partial charge on any atom is -0.395 e. The highest BCUT2D eigenvalue weighted by atomic mass is 16.5. The van der Waals surface area contributed by atoms with Gasteiger partial charge in [0.1, 0.15) is 0 Å². The zero-order valence-electron chi connectivity index (χ0n) is 13.6. The van der Waals surface area contributed by atoms with Crippen LogP contribution in [0.25, 0.3) is 0 Å². The second kappa shape index (κ2) is 7.28. The van der Waals surface area contributed by atoms with Crippen LogP contribution in [-0.2, 0) is 9.53 Å². The summed E-state index contributed by atoms with van der Waals surface area (Å²) in [4.78, 5) is 14.6. The van der Waals surface area contributed by atoms with Gasteiger partial charge in [0, 0.05) is 31.7 Å². The lowest BCUT2D eigenvalue weighted by Gasteiger charge is -2.23. The molecule has 5 heteroatoms. The molecular weight excluding hydrogens is 280 g/mol. The van der Waals surface area contributed by atoms with Gasteiger partial charge >= 0.3 is 0 Å². The number of aliphatic hydroxyl groups is 1. The summed E-state index contributed by atoms with van der Waals surface area (Å²) >= 11 is 0. The van der Waals surface area contributed by atoms with Crippen LogP contribution in [0.2, 0.25) is 0 Å². The molecule has 2 aliphatic heterocycles. The minimum absolute atomic E-state index is 0.244. The van der Waals surface area contributed by atoms with E-state index in [4.69, 9.17) is 4.74 Å². The fourth-order valence-corrected chi connectivity index (χ4v) is 4.22. The van der Waals surface area contributed by atoms with Crippen molar-refractivity contribution < 1.29 is 14.6 Å². The summed E-state index contributed by atoms with van der Waals surface area (Å²) in [6.45, 7) is 4.89. The standard InChI is InChI=1S/C17H30N2O3/c20-13-14-4-3-9-19(14)8-2-1-7-18-16(21)15-12-17(15)5-10-22-11-6-17/h14-15,20H,1-13H2,(H,18,21). The Morgan fingerprint density at radius 3 is 2.91 bits per heavy atom. The molecule has 2 saturated heterocycles. The number of hydrogen-bond acceptors (Lipinski definition) is 4. The third kappa shape index (κ3) is 3.63. The van der Waals surface area contributed by atoms with E-state index in [1.165, 1.54) is 6.42 Å². The van der Waals surface area contributed by atoms with Gasteiger partial charge in [-0.1, -0.05) is 0 Å². The number of likely N-dealkylation sites (tertiary alicyclic amines) is 1. The number of rotatable bonds is 7. The fraction of sp³-hybridized carbons (Fsp3) is 0.941. The van der Waals surface area contributed by atoms with Crippen LogP contribution in [0.4, 0.5) is 0 Å². The molecule has 1 aliphatic carbocycles. The second-order valence-corrected chi connectivity index (χ2v) is 7.24. The van der Waals surface area contributed by atoms with Crippen molar-refractivity contribution in [3.63, 3.8) is 0 Å². The maximum atomic E-state index is 12.2. The fourth-order valence-electron chi connectivity index (χ4n) is 4.22. The molecule has 0 bridgehead atoms. The Labute approximate surface area is 133 Å². The van der Waals surface area contributed by atoms with Gasteiger partial charge in [0.25, 0.3) is 0 Å². The van der Waals surface area contributed by atoms with Gasteiger partial charge in [0.15, 0.2) is 0 Å². The average molecular weight is 310 g/mol. The van der Waals surface area contributed by atoms with Gasteiger partial charge in [-0.15, -0.1) is 0 Å². The van der Waals surface area contributed by atoms with E-state index in [2.05, 4.69) is 10.2 Å². The highest BCUT2D eigenvalue weighted by molar-refractivity contribution is 5.82. The highest BCUT2D eigenvalue weighted by Gasteiger charge is 2.57. The van der Waals surface area contributed by atoms with Crippen LogP contribution in [0.5, 0.6) is 0 Å². The SMILES string of the molecule is O=C(NCCCCN1CCCC1CO)C1CC12CCOCC2. The summed E-state index contributed by atoms with van der Waals surface area (Å²) < 4.78 is 5.40. The van der Waals surface area contributed by atoms with Gasteiger partial charge in [-0.25, -0.2) is 0 Å². The van der Waals surface area contributed by atoms with Crippen molar-refractivity contribution >= 4 is 5.91 Å². The first-order valence-electron chi connectivity index (χ1n) is 8.95. The number of aliphatic hydroxyl groups excluding tert-OH is 1. The molecule has 2 heterocycles. The van der Waals surface area contributed by atoms with Gasteiger partial charge < -0.3 is 15.2 Å². The Bertz CT molecular complexity index is 382. The lowest BCUT2D eigenvalue weighted by Crippen LogP contribution is -2.34. The molecule has 126 valence electrons. The van der Waals surface area contributed by atoms with Crippen molar-refractivity contribution in [1.82, 2.24) is 10.2 Å². The van der Waals surface area contributed by atoms with Crippen LogP contribution < -0.4 is 5.32 Å². The van der Waals surface area contributed by atoms with Crippen LogP contribution in [0.1, 0.15) is 44.9 Å². The number of amides is 1. The van der Waals surface area contributed by atoms with Crippen molar-refractivity contribution in [3.8, 4) is 0 Å². The van der Waals surface area contributed by atoms with E-state index < -0.39 is 0 Å². The van der Waals surface area contributed by atoms with Crippen LogP contribution in [0.15, 0.2) is 0 Å². The topological polar surface area (TPSA) is 61.8 Å². The van der Waals surface area contributed by atoms with Gasteiger partial charge in [-0.05, 0) is 63.5 Å². The Morgan fingerprint density at radius 2 is 2.14 bits per heavy atom. The summed E-state index contributed by atoms with van der Waals surface area (Å²) in [5.41, 5.74) is 0.284. The van der Waals surface area contributed by atoms with E-state index in [-0.39, 0.29) is 23.8 Å². The van der Waals surface area contributed by atoms with E-state index in [0.717, 1.165) is 71.4 Å². The van der Waals surface area contributed by atoms with Crippen molar-refractivity contribution in [2.45, 2.75) is 51.0 Å². The van der Waals surface area contributed by atoms with E-state index in [0.29, 0.717) is 6.04 Å². The molecule has 5 nitrogen and oxygen atoms in total. The molecule has 2 atom stereocenters. The predicted molar refractivity (Wildman–Crippen MR) is 84.5 cm³/mol. The average Bonchev–Trinajstić information content (AvgIpc) is 3.03. The smallest absolute Gasteiger partial charge is 0.223 e. The van der Waals surface area contributed by atoms with E-state index >= 15 is 0 Å². The Balaban J connectivity index is 1.27. The van der Waals surface area contributed by atoms with Gasteiger partial charge in [-0.2, -0.15) is 0 Å². The van der Waals surface area contributed by atoms with Crippen LogP contribution in [-0.4, -0.2) is 61.4 Å². The van der Waals surface area contributed by atoms with Crippen molar-refractivity contribution in [3.05, 3.63) is 0 Å². The van der Waals surface area contributed by atoms with Crippen molar-refractivity contribution in [2.75, 3.05) is 39.5 Å². The molecule has 2 unspecified atom stereocenters. The molecule has 0 radical (unpaired) electrons. The monoisotopic (exact) mass is 310 g/mol. The largest absolute Gasteiger partial charge is 0.395 e. The summed E-state index contributed by atoms with van der Waals surface area (Å²) in [6.07, 6.45) is 7.64. The van der Waals surface area contributed by atoms with E-state index in [9.17, 15) is 9.90 Å². The molecule has 3 fully saturated rings. The van der Waals surface area contributed by atoms with Crippen molar-refractivity contribution in [2.24, 2.45) is 11.3 Å².